The fourth-order valence-electron chi connectivity index (χ4n) is 1.72. The Kier molecular flexibility index (Phi) is 8.54. The van der Waals surface area contributed by atoms with Gasteiger partial charge >= 0.3 is 0 Å². The van der Waals surface area contributed by atoms with Gasteiger partial charge in [0.25, 0.3) is 0 Å². The van der Waals surface area contributed by atoms with Crippen molar-refractivity contribution in [3.05, 3.63) is 24.3 Å². The number of anilines is 2. The number of nitriles is 1. The number of nitrogens with one attached hydrogen (secondary N) is 2. The second kappa shape index (κ2) is 10.9. The van der Waals surface area contributed by atoms with Gasteiger partial charge < -0.3 is 15.4 Å². The molecule has 0 saturated carbocycles. The van der Waals surface area contributed by atoms with E-state index in [2.05, 4.69) is 26.9 Å². The molecule has 2 aromatic rings. The highest BCUT2D eigenvalue weighted by Gasteiger charge is 2.10. The van der Waals surface area contributed by atoms with Gasteiger partial charge in [-0.05, 0) is 12.1 Å². The van der Waals surface area contributed by atoms with Crippen LogP contribution in [0, 0.1) is 11.3 Å². The molecule has 1 aromatic heterocycles. The quantitative estimate of drug-likeness (QED) is 0.468. The Morgan fingerprint density at radius 2 is 2.20 bits per heavy atom. The van der Waals surface area contributed by atoms with Crippen molar-refractivity contribution in [2.24, 2.45) is 0 Å². The fourth-order valence-corrected chi connectivity index (χ4v) is 3.97. The van der Waals surface area contributed by atoms with E-state index in [1.807, 2.05) is 24.3 Å². The summed E-state index contributed by atoms with van der Waals surface area (Å²) in [7, 11) is 1.64. The summed E-state index contributed by atoms with van der Waals surface area (Å²) in [5.41, 5.74) is 0.715. The van der Waals surface area contributed by atoms with Crippen molar-refractivity contribution < 1.29 is 9.53 Å². The number of aromatic nitrogens is 2. The Morgan fingerprint density at radius 3 is 3.00 bits per heavy atom. The van der Waals surface area contributed by atoms with E-state index in [0.29, 0.717) is 29.7 Å². The van der Waals surface area contributed by atoms with Crippen molar-refractivity contribution in [1.29, 1.82) is 5.26 Å². The Morgan fingerprint density at radius 1 is 1.36 bits per heavy atom. The molecule has 0 radical (unpaired) electrons. The molecule has 1 aromatic carbocycles. The number of nitrogens with zero attached hydrogens (tertiary/aromatic N) is 3. The molecular weight excluding hydrogens is 378 g/mol. The summed E-state index contributed by atoms with van der Waals surface area (Å²) in [6.07, 6.45) is 0. The molecule has 0 fully saturated rings. The van der Waals surface area contributed by atoms with Crippen LogP contribution in [-0.2, 0) is 9.53 Å². The maximum atomic E-state index is 12.1. The summed E-state index contributed by atoms with van der Waals surface area (Å²) >= 11 is 4.13. The summed E-state index contributed by atoms with van der Waals surface area (Å²) in [5.74, 6) is 0.453. The summed E-state index contributed by atoms with van der Waals surface area (Å²) in [6.45, 7) is 1.25. The number of ether oxygens (including phenoxy) is 1. The van der Waals surface area contributed by atoms with Gasteiger partial charge in [-0.25, -0.2) is 0 Å². The summed E-state index contributed by atoms with van der Waals surface area (Å²) < 4.78 is 5.68. The first kappa shape index (κ1) is 19.5. The minimum absolute atomic E-state index is 0.126. The van der Waals surface area contributed by atoms with E-state index < -0.39 is 0 Å². The van der Waals surface area contributed by atoms with Crippen LogP contribution in [0.1, 0.15) is 0 Å². The summed E-state index contributed by atoms with van der Waals surface area (Å²) in [5, 5.41) is 23.4. The van der Waals surface area contributed by atoms with Crippen LogP contribution in [-0.4, -0.2) is 47.9 Å². The van der Waals surface area contributed by atoms with Crippen LogP contribution in [0.4, 0.5) is 10.8 Å². The SMILES string of the molecule is COCCNc1nnc(SCC(=O)Nc2ccccc2SCC#N)s1. The van der Waals surface area contributed by atoms with Crippen molar-refractivity contribution in [2.45, 2.75) is 9.24 Å². The minimum Gasteiger partial charge on any atom is -0.383 e. The molecule has 132 valence electrons. The van der Waals surface area contributed by atoms with Crippen LogP contribution in [0.3, 0.4) is 0 Å². The predicted octanol–water partition coefficient (Wildman–Crippen LogP) is 2.94. The van der Waals surface area contributed by atoms with E-state index in [-0.39, 0.29) is 11.7 Å². The van der Waals surface area contributed by atoms with Gasteiger partial charge in [0.1, 0.15) is 0 Å². The standard InChI is InChI=1S/C15H17N5O2S3/c1-22-8-7-17-14-19-20-15(25-14)24-10-13(21)18-11-4-2-3-5-12(11)23-9-6-16/h2-5H,7-10H2,1H3,(H,17,19)(H,18,21). The molecule has 0 unspecified atom stereocenters. The third kappa shape index (κ3) is 6.91. The molecule has 25 heavy (non-hydrogen) atoms. The first-order valence-corrected chi connectivity index (χ1v) is 10.1. The number of hydrogen-bond acceptors (Lipinski definition) is 9. The highest BCUT2D eigenvalue weighted by Crippen LogP contribution is 2.28. The van der Waals surface area contributed by atoms with Gasteiger partial charge in [-0.3, -0.25) is 4.79 Å². The molecule has 7 nitrogen and oxygen atoms in total. The topological polar surface area (TPSA) is 99.9 Å². The summed E-state index contributed by atoms with van der Waals surface area (Å²) in [4.78, 5) is 13.0. The van der Waals surface area contributed by atoms with Crippen molar-refractivity contribution in [2.75, 3.05) is 42.4 Å². The number of carbonyl (C=O) groups is 1. The van der Waals surface area contributed by atoms with E-state index >= 15 is 0 Å². The van der Waals surface area contributed by atoms with Gasteiger partial charge in [0, 0.05) is 18.6 Å². The van der Waals surface area contributed by atoms with Gasteiger partial charge in [0.2, 0.25) is 11.0 Å². The van der Waals surface area contributed by atoms with Crippen molar-refractivity contribution >= 4 is 51.6 Å². The third-order valence-electron chi connectivity index (χ3n) is 2.77. The first-order valence-electron chi connectivity index (χ1n) is 7.30. The fraction of sp³-hybridized carbons (Fsp3) is 0.333. The Bertz CT molecular complexity index is 732. The first-order chi connectivity index (χ1) is 12.2. The number of methoxy groups -OCH3 is 1. The predicted molar refractivity (Wildman–Crippen MR) is 102 cm³/mol. The molecule has 0 bridgehead atoms. The van der Waals surface area contributed by atoms with Crippen LogP contribution >= 0.6 is 34.9 Å². The van der Waals surface area contributed by atoms with Crippen LogP contribution in [0.25, 0.3) is 0 Å². The van der Waals surface area contributed by atoms with Crippen LogP contribution in [0.2, 0.25) is 0 Å². The highest BCUT2D eigenvalue weighted by atomic mass is 32.2. The molecule has 0 aliphatic carbocycles. The monoisotopic (exact) mass is 395 g/mol. The number of carbonyl (C=O) groups excluding carboxylic acids is 1. The van der Waals surface area contributed by atoms with Crippen molar-refractivity contribution in [3.63, 3.8) is 0 Å². The lowest BCUT2D eigenvalue weighted by atomic mass is 10.3. The van der Waals surface area contributed by atoms with Gasteiger partial charge in [0.05, 0.1) is 29.9 Å². The van der Waals surface area contributed by atoms with E-state index in [1.165, 1.54) is 34.9 Å². The summed E-state index contributed by atoms with van der Waals surface area (Å²) in [6, 6.07) is 9.52. The van der Waals surface area contributed by atoms with Gasteiger partial charge in [-0.15, -0.1) is 22.0 Å². The molecule has 10 heteroatoms. The van der Waals surface area contributed by atoms with E-state index in [4.69, 9.17) is 10.00 Å². The third-order valence-corrected chi connectivity index (χ3v) is 5.72. The molecule has 1 amide bonds. The number of amides is 1. The van der Waals surface area contributed by atoms with Crippen molar-refractivity contribution in [1.82, 2.24) is 10.2 Å². The molecule has 0 aliphatic heterocycles. The normalized spacial score (nSPS) is 10.2. The second-order valence-corrected chi connectivity index (χ2v) is 7.79. The lowest BCUT2D eigenvalue weighted by Crippen LogP contribution is -2.14. The molecule has 0 spiro atoms. The number of thioether (sulfide) groups is 2. The molecule has 2 rings (SSSR count). The van der Waals surface area contributed by atoms with Gasteiger partial charge in [0.15, 0.2) is 4.34 Å². The smallest absolute Gasteiger partial charge is 0.234 e. The van der Waals surface area contributed by atoms with Crippen LogP contribution < -0.4 is 10.6 Å². The zero-order chi connectivity index (χ0) is 17.9. The van der Waals surface area contributed by atoms with Gasteiger partial charge in [-0.2, -0.15) is 5.26 Å². The Balaban J connectivity index is 1.82. The maximum absolute atomic E-state index is 12.1. The average molecular weight is 396 g/mol. The number of para-hydroxylation sites is 1. The number of hydrogen-bond donors (Lipinski definition) is 2. The lowest BCUT2D eigenvalue weighted by Gasteiger charge is -2.08. The molecular formula is C15H17N5O2S3. The van der Waals surface area contributed by atoms with Gasteiger partial charge in [-0.1, -0.05) is 35.2 Å². The van der Waals surface area contributed by atoms with Crippen LogP contribution in [0.5, 0.6) is 0 Å². The van der Waals surface area contributed by atoms with E-state index in [9.17, 15) is 4.79 Å². The Hall–Kier alpha value is -1.80. The number of benzene rings is 1. The molecule has 0 saturated heterocycles. The second-order valence-electron chi connectivity index (χ2n) is 4.57. The largest absolute Gasteiger partial charge is 0.383 e. The van der Waals surface area contributed by atoms with E-state index in [1.54, 1.807) is 7.11 Å². The average Bonchev–Trinajstić information content (AvgIpc) is 3.07. The molecule has 0 aliphatic rings. The minimum atomic E-state index is -0.126. The highest BCUT2D eigenvalue weighted by molar-refractivity contribution is 8.01. The van der Waals surface area contributed by atoms with E-state index in [0.717, 1.165) is 9.24 Å². The van der Waals surface area contributed by atoms with Crippen molar-refractivity contribution in [3.8, 4) is 6.07 Å². The lowest BCUT2D eigenvalue weighted by molar-refractivity contribution is -0.113. The molecule has 1 heterocycles. The molecule has 0 atom stereocenters. The Labute approximate surface area is 158 Å². The zero-order valence-corrected chi connectivity index (χ0v) is 16.0. The maximum Gasteiger partial charge on any atom is 0.234 e. The number of rotatable bonds is 10. The van der Waals surface area contributed by atoms with Crippen LogP contribution in [0.15, 0.2) is 33.5 Å². The molecule has 2 N–H and O–H groups in total. The zero-order valence-electron chi connectivity index (χ0n) is 13.5.